The number of rotatable bonds is 2. The number of hydrogen-bond acceptors (Lipinski definition) is 2. The number of H-pyrrole nitrogens is 1. The molecule has 3 heterocycles. The molecule has 3 aromatic heterocycles. The van der Waals surface area contributed by atoms with E-state index in [0.717, 1.165) is 22.4 Å². The van der Waals surface area contributed by atoms with Crippen LogP contribution in [-0.2, 0) is 19.5 Å². The minimum absolute atomic E-state index is 0. The Morgan fingerprint density at radius 2 is 1.42 bits per heavy atom. The van der Waals surface area contributed by atoms with Crippen LogP contribution >= 0.6 is 7.81 Å². The van der Waals surface area contributed by atoms with E-state index in [2.05, 4.69) is 72.1 Å². The van der Waals surface area contributed by atoms with E-state index in [9.17, 15) is 25.2 Å². The molecule has 38 heavy (non-hydrogen) atoms. The number of pyridine rings is 2. The normalized spacial score (nSPS) is 12.6. The topological polar surface area (TPSA) is 41.6 Å². The van der Waals surface area contributed by atoms with Crippen LogP contribution in [0.15, 0.2) is 79.1 Å². The summed E-state index contributed by atoms with van der Waals surface area (Å²) in [5.74, 6) is 0.598. The first-order valence-corrected chi connectivity index (χ1v) is 12.9. The van der Waals surface area contributed by atoms with Gasteiger partial charge in [0.1, 0.15) is 5.69 Å². The molecular weight excluding hydrogens is 636 g/mol. The van der Waals surface area contributed by atoms with E-state index in [0.29, 0.717) is 5.92 Å². The fraction of sp³-hybridized carbons (Fsp3) is 0.154. The summed E-state index contributed by atoms with van der Waals surface area (Å²) in [5, 5.41) is 2.41. The first-order chi connectivity index (χ1) is 16.6. The Hall–Kier alpha value is -2.54. The van der Waals surface area contributed by atoms with Crippen molar-refractivity contribution in [2.45, 2.75) is 26.7 Å². The maximum Gasteiger partial charge on any atom is 3.00 e. The summed E-state index contributed by atoms with van der Waals surface area (Å²) < 4.78 is 59.2. The molecule has 2 aromatic carbocycles. The van der Waals surface area contributed by atoms with E-state index < -0.39 is 7.81 Å². The SMILES string of the molecule is Cc1c[c-]c(C(C)C)cc1.F[P-](F)(F)(F)(F)F.[Cl-].[Ru+3].c1ccc(-c2nccc3c2[nH]c2ccccc23)nc1. The van der Waals surface area contributed by atoms with Crippen molar-refractivity contribution >= 4 is 29.6 Å². The van der Waals surface area contributed by atoms with Gasteiger partial charge in [-0.3, -0.25) is 9.97 Å². The Balaban J connectivity index is 0.000000325. The zero-order chi connectivity index (χ0) is 26.6. The molecule has 1 N–H and O–H groups in total. The summed E-state index contributed by atoms with van der Waals surface area (Å²) in [6.07, 6.45) is 3.63. The van der Waals surface area contributed by atoms with Crippen LogP contribution < -0.4 is 12.4 Å². The van der Waals surface area contributed by atoms with Crippen molar-refractivity contribution in [1.82, 2.24) is 15.0 Å². The number of halogens is 7. The Kier molecular flexibility index (Phi) is 10.7. The van der Waals surface area contributed by atoms with Gasteiger partial charge in [-0.05, 0) is 30.2 Å². The van der Waals surface area contributed by atoms with Gasteiger partial charge in [-0.2, -0.15) is 35.4 Å². The second kappa shape index (κ2) is 12.1. The van der Waals surface area contributed by atoms with Gasteiger partial charge in [0, 0.05) is 28.7 Å². The number of hydrogen-bond donors (Lipinski definition) is 1. The molecule has 0 fully saturated rings. The molecule has 0 amide bonds. The van der Waals surface area contributed by atoms with Gasteiger partial charge in [-0.25, -0.2) is 0 Å². The molecule has 0 aliphatic heterocycles. The molecule has 1 radical (unpaired) electrons. The van der Waals surface area contributed by atoms with Gasteiger partial charge in [0.25, 0.3) is 0 Å². The zero-order valence-electron chi connectivity index (χ0n) is 20.4. The van der Waals surface area contributed by atoms with Crippen LogP contribution in [0.3, 0.4) is 0 Å². The van der Waals surface area contributed by atoms with Crippen LogP contribution in [0.1, 0.15) is 30.9 Å². The number of fused-ring (bicyclic) bond motifs is 3. The van der Waals surface area contributed by atoms with E-state index in [1.165, 1.54) is 21.9 Å². The second-order valence-electron chi connectivity index (χ2n) is 8.40. The fourth-order valence-corrected chi connectivity index (χ4v) is 3.35. The van der Waals surface area contributed by atoms with Crippen LogP contribution in [0.25, 0.3) is 33.2 Å². The molecule has 0 aliphatic rings. The van der Waals surface area contributed by atoms with E-state index in [-0.39, 0.29) is 31.9 Å². The molecule has 0 atom stereocenters. The Bertz CT molecular complexity index is 1450. The third-order valence-electron chi connectivity index (χ3n) is 4.95. The first kappa shape index (κ1) is 33.5. The number of nitrogens with one attached hydrogen (secondary N) is 1. The van der Waals surface area contributed by atoms with Crippen molar-refractivity contribution < 1.29 is 57.1 Å². The minimum atomic E-state index is -10.7. The van der Waals surface area contributed by atoms with Gasteiger partial charge in [-0.1, -0.05) is 45.0 Å². The summed E-state index contributed by atoms with van der Waals surface area (Å²) in [4.78, 5) is 12.3. The van der Waals surface area contributed by atoms with Gasteiger partial charge in [0.15, 0.2) is 0 Å². The van der Waals surface area contributed by atoms with Gasteiger partial charge in [0.2, 0.25) is 0 Å². The smallest absolute Gasteiger partial charge is 1.00 e. The zero-order valence-corrected chi connectivity index (χ0v) is 23.8. The predicted octanol–water partition coefficient (Wildman–Crippen LogP) is 7.08. The van der Waals surface area contributed by atoms with Crippen LogP contribution in [0, 0.1) is 13.0 Å². The number of benzene rings is 2. The van der Waals surface area contributed by atoms with Crippen LogP contribution in [0.4, 0.5) is 25.2 Å². The van der Waals surface area contributed by atoms with E-state index in [4.69, 9.17) is 0 Å². The monoisotopic (exact) mass is 660 g/mol. The van der Waals surface area contributed by atoms with Crippen molar-refractivity contribution in [2.24, 2.45) is 0 Å². The summed E-state index contributed by atoms with van der Waals surface area (Å²) >= 11 is 0. The molecule has 5 rings (SSSR count). The Morgan fingerprint density at radius 1 is 0.789 bits per heavy atom. The van der Waals surface area contributed by atoms with E-state index in [1.807, 2.05) is 42.6 Å². The molecule has 0 saturated heterocycles. The van der Waals surface area contributed by atoms with Gasteiger partial charge >= 0.3 is 52.5 Å². The average molecular weight is 660 g/mol. The van der Waals surface area contributed by atoms with Crippen molar-refractivity contribution in [1.29, 1.82) is 0 Å². The van der Waals surface area contributed by atoms with Crippen molar-refractivity contribution in [3.8, 4) is 11.4 Å². The number of aryl methyl sites for hydroxylation is 1. The molecule has 5 aromatic rings. The molecule has 0 bridgehead atoms. The maximum atomic E-state index is 9.87. The van der Waals surface area contributed by atoms with E-state index in [1.54, 1.807) is 6.20 Å². The molecule has 0 unspecified atom stereocenters. The molecule has 0 spiro atoms. The molecular formula is C26H24ClF6N3PRu. The molecule has 0 aliphatic carbocycles. The number of aromatic amines is 1. The third kappa shape index (κ3) is 11.1. The fourth-order valence-electron chi connectivity index (χ4n) is 3.35. The predicted molar refractivity (Wildman–Crippen MR) is 135 cm³/mol. The average Bonchev–Trinajstić information content (AvgIpc) is 3.17. The van der Waals surface area contributed by atoms with Crippen molar-refractivity contribution in [3.63, 3.8) is 0 Å². The molecule has 12 heteroatoms. The van der Waals surface area contributed by atoms with Crippen molar-refractivity contribution in [2.75, 3.05) is 0 Å². The third-order valence-corrected chi connectivity index (χ3v) is 4.95. The van der Waals surface area contributed by atoms with Crippen LogP contribution in [0.2, 0.25) is 0 Å². The summed E-state index contributed by atoms with van der Waals surface area (Å²) in [6, 6.07) is 25.7. The Labute approximate surface area is 235 Å². The number of para-hydroxylation sites is 1. The largest absolute Gasteiger partial charge is 3.00 e. The van der Waals surface area contributed by atoms with Gasteiger partial charge in [0.05, 0.1) is 11.2 Å². The van der Waals surface area contributed by atoms with Crippen LogP contribution in [0.5, 0.6) is 0 Å². The quantitative estimate of drug-likeness (QED) is 0.0953. The molecule has 205 valence electrons. The number of aromatic nitrogens is 3. The summed E-state index contributed by atoms with van der Waals surface area (Å²) in [5.41, 5.74) is 6.54. The van der Waals surface area contributed by atoms with Crippen molar-refractivity contribution in [3.05, 3.63) is 96.3 Å². The van der Waals surface area contributed by atoms with Crippen LogP contribution in [-0.4, -0.2) is 15.0 Å². The molecule has 0 saturated carbocycles. The summed E-state index contributed by atoms with van der Waals surface area (Å²) in [6.45, 7) is 6.45. The van der Waals surface area contributed by atoms with Gasteiger partial charge in [-0.15, -0.1) is 0 Å². The second-order valence-corrected chi connectivity index (χ2v) is 10.3. The van der Waals surface area contributed by atoms with Gasteiger partial charge < -0.3 is 17.4 Å². The maximum absolute atomic E-state index is 10.7. The Morgan fingerprint density at radius 3 is 1.97 bits per heavy atom. The molecule has 3 nitrogen and oxygen atoms in total. The minimum Gasteiger partial charge on any atom is -1.00 e. The number of nitrogens with zero attached hydrogens (tertiary/aromatic N) is 2. The van der Waals surface area contributed by atoms with E-state index >= 15 is 0 Å². The standard InChI is InChI=1S/C16H11N3.C10H13.ClH.F6P.Ru/c1-2-6-13-11(5-1)12-8-10-18-16(15(12)19-13)14-7-3-4-9-17-14;1-8(2)10-6-4-9(3)5-7-10;;1-7(2,3,4,5)6;/h1-10,19H;4-6,8H,1-3H3;1H;;/q;-1;;-1;+3/p-1. The summed E-state index contributed by atoms with van der Waals surface area (Å²) in [7, 11) is -10.7. The first-order valence-electron chi connectivity index (χ1n) is 10.9.